The van der Waals surface area contributed by atoms with Crippen LogP contribution in [0.5, 0.6) is 0 Å². The van der Waals surface area contributed by atoms with Crippen LogP contribution in [0.25, 0.3) is 0 Å². The van der Waals surface area contributed by atoms with Gasteiger partial charge < -0.3 is 4.43 Å². The number of rotatable bonds is 6. The minimum atomic E-state index is -2.38. The van der Waals surface area contributed by atoms with Crippen LogP contribution in [0.2, 0.25) is 5.04 Å². The van der Waals surface area contributed by atoms with Crippen LogP contribution in [0, 0.1) is 0 Å². The third-order valence-corrected chi connectivity index (χ3v) is 9.26. The average Bonchev–Trinajstić information content (AvgIpc) is 2.59. The molecular weight excluding hydrogens is 308 g/mol. The largest absolute Gasteiger partial charge is 0.404 e. The first-order chi connectivity index (χ1) is 11.5. The summed E-state index contributed by atoms with van der Waals surface area (Å²) in [5, 5.41) is 2.68. The van der Waals surface area contributed by atoms with E-state index in [4.69, 9.17) is 4.43 Å². The fraction of sp³-hybridized carbons (Fsp3) is 0.273. The summed E-state index contributed by atoms with van der Waals surface area (Å²) in [4.78, 5) is 0. The Kier molecular flexibility index (Phi) is 6.35. The van der Waals surface area contributed by atoms with Crippen molar-refractivity contribution in [3.05, 3.63) is 85.0 Å². The Morgan fingerprint density at radius 3 is 1.75 bits per heavy atom. The maximum Gasteiger partial charge on any atom is 0.261 e. The maximum absolute atomic E-state index is 6.73. The third-order valence-electron chi connectivity index (χ3n) is 4.25. The first-order valence-electron chi connectivity index (χ1n) is 8.55. The molecule has 126 valence electrons. The molecule has 0 aliphatic heterocycles. The van der Waals surface area contributed by atoms with Crippen molar-refractivity contribution in [1.82, 2.24) is 0 Å². The van der Waals surface area contributed by atoms with Gasteiger partial charge in [0.25, 0.3) is 8.32 Å². The summed E-state index contributed by atoms with van der Waals surface area (Å²) in [7, 11) is -2.38. The molecular formula is C22H28OSi. The first-order valence-corrected chi connectivity index (χ1v) is 10.5. The summed E-state index contributed by atoms with van der Waals surface area (Å²) in [6, 6.07) is 21.5. The van der Waals surface area contributed by atoms with Crippen molar-refractivity contribution >= 4 is 18.7 Å². The molecule has 2 aromatic carbocycles. The lowest BCUT2D eigenvalue weighted by molar-refractivity contribution is 0.339. The van der Waals surface area contributed by atoms with E-state index in [1.807, 2.05) is 19.1 Å². The second-order valence-corrected chi connectivity index (χ2v) is 11.2. The van der Waals surface area contributed by atoms with E-state index in [0.29, 0.717) is 6.61 Å². The van der Waals surface area contributed by atoms with Crippen molar-refractivity contribution in [2.45, 2.75) is 32.7 Å². The quantitative estimate of drug-likeness (QED) is 0.549. The van der Waals surface area contributed by atoms with Crippen LogP contribution in [0.1, 0.15) is 27.7 Å². The number of allylic oxidation sites excluding steroid dienone is 3. The van der Waals surface area contributed by atoms with Crippen LogP contribution in [0.15, 0.2) is 85.0 Å². The smallest absolute Gasteiger partial charge is 0.261 e. The number of benzene rings is 2. The Labute approximate surface area is 147 Å². The molecule has 0 unspecified atom stereocenters. The molecule has 1 nitrogen and oxygen atoms in total. The van der Waals surface area contributed by atoms with Crippen LogP contribution >= 0.6 is 0 Å². The van der Waals surface area contributed by atoms with Crippen LogP contribution in [0.3, 0.4) is 0 Å². The van der Waals surface area contributed by atoms with Gasteiger partial charge in [0.15, 0.2) is 0 Å². The van der Waals surface area contributed by atoms with Gasteiger partial charge in [-0.3, -0.25) is 0 Å². The Hall–Kier alpha value is -1.90. The van der Waals surface area contributed by atoms with Crippen molar-refractivity contribution in [2.75, 3.05) is 6.61 Å². The molecule has 24 heavy (non-hydrogen) atoms. The van der Waals surface area contributed by atoms with Gasteiger partial charge in [-0.2, -0.15) is 0 Å². The van der Waals surface area contributed by atoms with Gasteiger partial charge >= 0.3 is 0 Å². The Balaban J connectivity index is 2.53. The van der Waals surface area contributed by atoms with Gasteiger partial charge in [0.05, 0.1) is 6.61 Å². The third kappa shape index (κ3) is 3.95. The summed E-state index contributed by atoms with van der Waals surface area (Å²) < 4.78 is 6.73. The van der Waals surface area contributed by atoms with E-state index in [2.05, 4.69) is 93.6 Å². The van der Waals surface area contributed by atoms with E-state index in [0.717, 1.165) is 0 Å². The van der Waals surface area contributed by atoms with Gasteiger partial charge in [-0.15, -0.1) is 0 Å². The monoisotopic (exact) mass is 336 g/mol. The summed E-state index contributed by atoms with van der Waals surface area (Å²) in [6.07, 6.45) is 8.21. The minimum Gasteiger partial charge on any atom is -0.404 e. The lowest BCUT2D eigenvalue weighted by atomic mass is 10.2. The predicted octanol–water partition coefficient (Wildman–Crippen LogP) is 4.70. The SMILES string of the molecule is C/C=C/C=C/CO[Si](c1ccccc1)(c1ccccc1)C(C)(C)C. The molecule has 0 saturated heterocycles. The second-order valence-electron chi connectivity index (χ2n) is 6.93. The first kappa shape index (κ1) is 18.4. The highest BCUT2D eigenvalue weighted by Gasteiger charge is 2.49. The van der Waals surface area contributed by atoms with Gasteiger partial charge in [-0.25, -0.2) is 0 Å². The molecule has 0 aromatic heterocycles. The van der Waals surface area contributed by atoms with Crippen LogP contribution in [0.4, 0.5) is 0 Å². The molecule has 0 bridgehead atoms. The normalized spacial score (nSPS) is 13.0. The maximum atomic E-state index is 6.73. The molecule has 0 amide bonds. The molecule has 0 spiro atoms. The van der Waals surface area contributed by atoms with Gasteiger partial charge in [0, 0.05) is 0 Å². The molecule has 0 aliphatic rings. The fourth-order valence-electron chi connectivity index (χ4n) is 3.18. The molecule has 0 fully saturated rings. The van der Waals surface area contributed by atoms with E-state index >= 15 is 0 Å². The van der Waals surface area contributed by atoms with Crippen LogP contribution in [-0.2, 0) is 4.43 Å². The van der Waals surface area contributed by atoms with E-state index in [-0.39, 0.29) is 5.04 Å². The predicted molar refractivity (Wildman–Crippen MR) is 108 cm³/mol. The number of hydrogen-bond donors (Lipinski definition) is 0. The summed E-state index contributed by atoms with van der Waals surface area (Å²) in [5.41, 5.74) is 0. The Morgan fingerprint density at radius 1 is 0.833 bits per heavy atom. The molecule has 0 radical (unpaired) electrons. The molecule has 0 saturated carbocycles. The lowest BCUT2D eigenvalue weighted by Crippen LogP contribution is -2.66. The van der Waals surface area contributed by atoms with Crippen molar-refractivity contribution in [3.8, 4) is 0 Å². The molecule has 2 heteroatoms. The lowest BCUT2D eigenvalue weighted by Gasteiger charge is -2.42. The second kappa shape index (κ2) is 8.27. The van der Waals surface area contributed by atoms with Crippen molar-refractivity contribution in [2.24, 2.45) is 0 Å². The van der Waals surface area contributed by atoms with E-state index in [1.165, 1.54) is 10.4 Å². The van der Waals surface area contributed by atoms with E-state index in [1.54, 1.807) is 0 Å². The molecule has 2 rings (SSSR count). The Bertz CT molecular complexity index is 627. The van der Waals surface area contributed by atoms with Crippen molar-refractivity contribution in [1.29, 1.82) is 0 Å². The average molecular weight is 337 g/mol. The summed E-state index contributed by atoms with van der Waals surface area (Å²) in [6.45, 7) is 9.55. The highest BCUT2D eigenvalue weighted by atomic mass is 28.4. The molecule has 0 N–H and O–H groups in total. The summed E-state index contributed by atoms with van der Waals surface area (Å²) >= 11 is 0. The topological polar surface area (TPSA) is 9.23 Å². The van der Waals surface area contributed by atoms with Gasteiger partial charge in [-0.1, -0.05) is 106 Å². The van der Waals surface area contributed by atoms with Gasteiger partial charge in [-0.05, 0) is 22.3 Å². The molecule has 2 aromatic rings. The van der Waals surface area contributed by atoms with Crippen LogP contribution in [-0.4, -0.2) is 14.9 Å². The van der Waals surface area contributed by atoms with Crippen molar-refractivity contribution in [3.63, 3.8) is 0 Å². The minimum absolute atomic E-state index is 0.0319. The fourth-order valence-corrected chi connectivity index (χ4v) is 7.68. The zero-order chi connectivity index (χ0) is 17.5. The zero-order valence-corrected chi connectivity index (χ0v) is 16.2. The van der Waals surface area contributed by atoms with Crippen LogP contribution < -0.4 is 10.4 Å². The highest BCUT2D eigenvalue weighted by Crippen LogP contribution is 2.36. The number of hydrogen-bond acceptors (Lipinski definition) is 1. The molecule has 0 heterocycles. The van der Waals surface area contributed by atoms with E-state index in [9.17, 15) is 0 Å². The van der Waals surface area contributed by atoms with Crippen molar-refractivity contribution < 1.29 is 4.43 Å². The highest BCUT2D eigenvalue weighted by molar-refractivity contribution is 6.99. The molecule has 0 aliphatic carbocycles. The van der Waals surface area contributed by atoms with Gasteiger partial charge in [0.1, 0.15) is 0 Å². The molecule has 0 atom stereocenters. The standard InChI is InChI=1S/C22H28OSi/c1-5-6-7-14-19-23-24(22(2,3)4,20-15-10-8-11-16-20)21-17-12-9-13-18-21/h5-18H,19H2,1-4H3/b6-5+,14-7+. The summed E-state index contributed by atoms with van der Waals surface area (Å²) in [5.74, 6) is 0. The van der Waals surface area contributed by atoms with Gasteiger partial charge in [0.2, 0.25) is 0 Å². The van der Waals surface area contributed by atoms with E-state index < -0.39 is 8.32 Å². The zero-order valence-electron chi connectivity index (χ0n) is 15.2. The Morgan fingerprint density at radius 2 is 1.33 bits per heavy atom.